The fourth-order valence-corrected chi connectivity index (χ4v) is 1.08. The first-order chi connectivity index (χ1) is 7.11. The first-order valence-corrected chi connectivity index (χ1v) is 4.46. The van der Waals surface area contributed by atoms with Gasteiger partial charge in [-0.15, -0.1) is 0 Å². The lowest BCUT2D eigenvalue weighted by atomic mass is 10.4. The van der Waals surface area contributed by atoms with Gasteiger partial charge < -0.3 is 5.32 Å². The Balaban J connectivity index is 2.71. The third-order valence-electron chi connectivity index (χ3n) is 1.54. The zero-order valence-corrected chi connectivity index (χ0v) is 8.73. The van der Waals surface area contributed by atoms with Crippen LogP contribution >= 0.6 is 11.6 Å². The highest BCUT2D eigenvalue weighted by molar-refractivity contribution is 6.29. The Morgan fingerprint density at radius 1 is 1.73 bits per heavy atom. The monoisotopic (exact) mass is 228 g/mol. The van der Waals surface area contributed by atoms with Crippen LogP contribution in [0.5, 0.6) is 0 Å². The van der Waals surface area contributed by atoms with Crippen LogP contribution in [0.15, 0.2) is 23.2 Å². The number of nitrogens with zero attached hydrogens (tertiary/aromatic N) is 3. The first kappa shape index (κ1) is 11.4. The minimum Gasteiger partial charge on any atom is -0.323 e. The third kappa shape index (κ3) is 3.90. The zero-order valence-electron chi connectivity index (χ0n) is 7.98. The van der Waals surface area contributed by atoms with Crippen LogP contribution in [0.3, 0.4) is 0 Å². The largest absolute Gasteiger partial charge is 0.323 e. The van der Waals surface area contributed by atoms with Gasteiger partial charge in [0.2, 0.25) is 0 Å². The molecule has 7 heteroatoms. The minimum atomic E-state index is -0.472. The van der Waals surface area contributed by atoms with Crippen LogP contribution in [0.2, 0.25) is 5.15 Å². The molecule has 0 aliphatic carbocycles. The summed E-state index contributed by atoms with van der Waals surface area (Å²) < 4.78 is 0. The summed E-state index contributed by atoms with van der Waals surface area (Å²) in [5.41, 5.74) is 0. The normalized spacial score (nSPS) is 11.2. The smallest absolute Gasteiger partial charge is 0.260 e. The number of aliphatic imine (C=N–C) groups is 1. The fourth-order valence-electron chi connectivity index (χ4n) is 0.914. The van der Waals surface area contributed by atoms with Crippen molar-refractivity contribution in [2.45, 2.75) is 0 Å². The molecule has 0 saturated carbocycles. The molecule has 1 aromatic heterocycles. The van der Waals surface area contributed by atoms with Crippen LogP contribution in [-0.4, -0.2) is 29.3 Å². The molecule has 6 nitrogen and oxygen atoms in total. The maximum absolute atomic E-state index is 10.3. The molecule has 0 saturated heterocycles. The van der Waals surface area contributed by atoms with E-state index in [9.17, 15) is 10.1 Å². The highest BCUT2D eigenvalue weighted by Crippen LogP contribution is 2.08. The number of hydrogen-bond donors (Lipinski definition) is 1. The molecule has 1 aromatic rings. The number of halogens is 1. The Morgan fingerprint density at radius 3 is 3.00 bits per heavy atom. The van der Waals surface area contributed by atoms with E-state index in [1.165, 1.54) is 7.05 Å². The number of hydrogen-bond acceptors (Lipinski definition) is 4. The number of nitro groups is 1. The van der Waals surface area contributed by atoms with Gasteiger partial charge in [-0.3, -0.25) is 15.1 Å². The minimum absolute atomic E-state index is 0.231. The van der Waals surface area contributed by atoms with Crippen LogP contribution in [0.4, 0.5) is 5.82 Å². The molecule has 1 rings (SSSR count). The van der Waals surface area contributed by atoms with E-state index in [1.807, 2.05) is 0 Å². The third-order valence-corrected chi connectivity index (χ3v) is 1.75. The zero-order chi connectivity index (χ0) is 11.3. The average Bonchev–Trinajstić information content (AvgIpc) is 2.16. The van der Waals surface area contributed by atoms with Gasteiger partial charge in [-0.25, -0.2) is 4.98 Å². The quantitative estimate of drug-likeness (QED) is 0.279. The number of rotatable bonds is 3. The van der Waals surface area contributed by atoms with Gasteiger partial charge in [0.15, 0.2) is 5.84 Å². The first-order valence-electron chi connectivity index (χ1n) is 4.09. The van der Waals surface area contributed by atoms with Gasteiger partial charge in [-0.2, -0.15) is 0 Å². The van der Waals surface area contributed by atoms with E-state index in [-0.39, 0.29) is 12.4 Å². The van der Waals surface area contributed by atoms with Crippen molar-refractivity contribution in [2.24, 2.45) is 4.99 Å². The van der Waals surface area contributed by atoms with Crippen LogP contribution in [0.25, 0.3) is 0 Å². The van der Waals surface area contributed by atoms with Gasteiger partial charge in [0.05, 0.1) is 0 Å². The van der Waals surface area contributed by atoms with Gasteiger partial charge in [0, 0.05) is 12.0 Å². The van der Waals surface area contributed by atoms with Gasteiger partial charge >= 0.3 is 0 Å². The number of anilines is 1. The molecule has 0 unspecified atom stereocenters. The summed E-state index contributed by atoms with van der Waals surface area (Å²) >= 11 is 5.65. The molecule has 15 heavy (non-hydrogen) atoms. The Kier molecular flexibility index (Phi) is 3.99. The van der Waals surface area contributed by atoms with Crippen molar-refractivity contribution in [1.29, 1.82) is 0 Å². The molecule has 0 aliphatic rings. The van der Waals surface area contributed by atoms with Gasteiger partial charge in [-0.05, 0) is 12.1 Å². The van der Waals surface area contributed by atoms with Crippen LogP contribution in [0.1, 0.15) is 0 Å². The summed E-state index contributed by atoms with van der Waals surface area (Å²) in [6, 6.07) is 4.96. The van der Waals surface area contributed by atoms with E-state index in [4.69, 9.17) is 11.6 Å². The SMILES string of the molecule is CN=C(C[N+](=O)[O-])Nc1cccc(Cl)n1. The topological polar surface area (TPSA) is 80.4 Å². The molecule has 0 aromatic carbocycles. The van der Waals surface area contributed by atoms with E-state index in [0.717, 1.165) is 0 Å². The molecule has 0 atom stereocenters. The molecular formula is C8H9ClN4O2. The standard InChI is InChI=1S/C8H9ClN4O2/c1-10-8(5-13(14)15)12-7-4-2-3-6(9)11-7/h2-4H,5H2,1H3,(H,10,11,12). The van der Waals surface area contributed by atoms with E-state index in [0.29, 0.717) is 11.0 Å². The maximum Gasteiger partial charge on any atom is 0.260 e. The highest BCUT2D eigenvalue weighted by atomic mass is 35.5. The number of pyridine rings is 1. The van der Waals surface area contributed by atoms with Crippen LogP contribution < -0.4 is 5.32 Å². The van der Waals surface area contributed by atoms with Crippen molar-refractivity contribution in [2.75, 3.05) is 18.9 Å². The Labute approximate surface area is 91.1 Å². The van der Waals surface area contributed by atoms with Crippen molar-refractivity contribution in [1.82, 2.24) is 4.98 Å². The maximum atomic E-state index is 10.3. The molecule has 0 aliphatic heterocycles. The molecule has 0 fully saturated rings. The second-order valence-corrected chi connectivity index (χ2v) is 3.02. The van der Waals surface area contributed by atoms with Crippen molar-refractivity contribution in [3.8, 4) is 0 Å². The molecule has 0 bridgehead atoms. The summed E-state index contributed by atoms with van der Waals surface area (Å²) in [4.78, 5) is 17.4. The van der Waals surface area contributed by atoms with E-state index >= 15 is 0 Å². The number of aromatic nitrogens is 1. The van der Waals surface area contributed by atoms with Crippen LogP contribution in [-0.2, 0) is 0 Å². The molecule has 0 amide bonds. The molecule has 0 spiro atoms. The Bertz CT molecular complexity index is 394. The van der Waals surface area contributed by atoms with Crippen molar-refractivity contribution in [3.05, 3.63) is 33.5 Å². The van der Waals surface area contributed by atoms with Crippen molar-refractivity contribution in [3.63, 3.8) is 0 Å². The summed E-state index contributed by atoms with van der Waals surface area (Å²) in [5.74, 6) is 0.666. The Morgan fingerprint density at radius 2 is 2.47 bits per heavy atom. The molecule has 0 radical (unpaired) electrons. The highest BCUT2D eigenvalue weighted by Gasteiger charge is 2.07. The second-order valence-electron chi connectivity index (χ2n) is 2.63. The summed E-state index contributed by atoms with van der Waals surface area (Å²) in [7, 11) is 1.47. The average molecular weight is 229 g/mol. The van der Waals surface area contributed by atoms with E-state index in [2.05, 4.69) is 15.3 Å². The van der Waals surface area contributed by atoms with Gasteiger partial charge in [-0.1, -0.05) is 17.7 Å². The van der Waals surface area contributed by atoms with Crippen LogP contribution in [0, 0.1) is 10.1 Å². The predicted molar refractivity (Wildman–Crippen MR) is 58.1 cm³/mol. The summed E-state index contributed by atoms with van der Waals surface area (Å²) in [5, 5.41) is 13.3. The summed E-state index contributed by atoms with van der Waals surface area (Å²) in [6.07, 6.45) is 0. The lowest BCUT2D eigenvalue weighted by Crippen LogP contribution is -2.22. The van der Waals surface area contributed by atoms with Gasteiger partial charge in [0.1, 0.15) is 11.0 Å². The summed E-state index contributed by atoms with van der Waals surface area (Å²) in [6.45, 7) is -0.370. The van der Waals surface area contributed by atoms with E-state index < -0.39 is 4.92 Å². The Hall–Kier alpha value is -1.69. The van der Waals surface area contributed by atoms with Crippen molar-refractivity contribution < 1.29 is 4.92 Å². The van der Waals surface area contributed by atoms with Crippen molar-refractivity contribution >= 4 is 23.3 Å². The molecule has 1 heterocycles. The van der Waals surface area contributed by atoms with Gasteiger partial charge in [0.25, 0.3) is 6.54 Å². The van der Waals surface area contributed by atoms with E-state index in [1.54, 1.807) is 18.2 Å². The lowest BCUT2D eigenvalue weighted by molar-refractivity contribution is -0.463. The lowest BCUT2D eigenvalue weighted by Gasteiger charge is -2.04. The number of nitrogens with one attached hydrogen (secondary N) is 1. The molecular weight excluding hydrogens is 220 g/mol. The second kappa shape index (κ2) is 5.26. The number of amidine groups is 1. The molecule has 1 N–H and O–H groups in total. The fraction of sp³-hybridized carbons (Fsp3) is 0.250. The molecule has 80 valence electrons. The predicted octanol–water partition coefficient (Wildman–Crippen LogP) is 1.45.